The molecule has 1 aromatic rings. The molecule has 0 heterocycles. The number of benzene rings is 1. The summed E-state index contributed by atoms with van der Waals surface area (Å²) >= 11 is 0. The fraction of sp³-hybridized carbons (Fsp3) is 0.643. The lowest BCUT2D eigenvalue weighted by molar-refractivity contribution is -0.150. The van der Waals surface area contributed by atoms with Crippen molar-refractivity contribution in [3.63, 3.8) is 0 Å². The minimum Gasteiger partial charge on any atom is -0.459 e. The van der Waals surface area contributed by atoms with Gasteiger partial charge in [-0.1, -0.05) is 71.9 Å². The topological polar surface area (TPSA) is 131 Å². The van der Waals surface area contributed by atoms with E-state index in [1.165, 1.54) is 4.90 Å². The number of rotatable bonds is 14. The molecule has 0 aliphatic rings. The van der Waals surface area contributed by atoms with Crippen molar-refractivity contribution in [2.75, 3.05) is 7.05 Å². The van der Waals surface area contributed by atoms with E-state index in [2.05, 4.69) is 10.6 Å². The Hall–Kier alpha value is -2.94. The number of carbonyl (C=O) groups excluding carboxylic acids is 4. The molecule has 0 bridgehead atoms. The largest absolute Gasteiger partial charge is 0.459 e. The predicted octanol–water partition coefficient (Wildman–Crippen LogP) is 2.62. The molecule has 9 heteroatoms. The van der Waals surface area contributed by atoms with Gasteiger partial charge in [0.05, 0.1) is 6.04 Å². The molecule has 0 aromatic heterocycles. The fourth-order valence-electron chi connectivity index (χ4n) is 3.87. The maximum Gasteiger partial charge on any atom is 0.328 e. The van der Waals surface area contributed by atoms with E-state index in [0.29, 0.717) is 12.8 Å². The predicted molar refractivity (Wildman–Crippen MR) is 144 cm³/mol. The van der Waals surface area contributed by atoms with Crippen LogP contribution in [0.3, 0.4) is 0 Å². The van der Waals surface area contributed by atoms with Crippen LogP contribution >= 0.6 is 0 Å². The molecular formula is C28H46N4O5. The lowest BCUT2D eigenvalue weighted by Gasteiger charge is -2.34. The molecule has 0 saturated heterocycles. The smallest absolute Gasteiger partial charge is 0.328 e. The summed E-state index contributed by atoms with van der Waals surface area (Å²) in [6, 6.07) is 5.96. The summed E-state index contributed by atoms with van der Waals surface area (Å²) in [4.78, 5) is 53.2. The van der Waals surface area contributed by atoms with Gasteiger partial charge >= 0.3 is 5.97 Å². The minimum absolute atomic E-state index is 0.0953. The van der Waals surface area contributed by atoms with Gasteiger partial charge in [0.1, 0.15) is 24.7 Å². The molecule has 1 rings (SSSR count). The van der Waals surface area contributed by atoms with Crippen LogP contribution in [0.1, 0.15) is 66.9 Å². The molecule has 0 saturated carbocycles. The van der Waals surface area contributed by atoms with Gasteiger partial charge in [0, 0.05) is 7.05 Å². The summed E-state index contributed by atoms with van der Waals surface area (Å²) in [5.41, 5.74) is 6.86. The highest BCUT2D eigenvalue weighted by atomic mass is 16.5. The van der Waals surface area contributed by atoms with Crippen molar-refractivity contribution >= 4 is 23.7 Å². The van der Waals surface area contributed by atoms with Gasteiger partial charge in [-0.3, -0.25) is 14.4 Å². The SMILES string of the molecule is CC(C)C[C@H](N)C(=O)N[C@H](C(=O)N(C)[C@@H](CC(C)C)C(=O)N[C@@H](C)C(=O)OCc1ccccc1)C(C)C. The van der Waals surface area contributed by atoms with Gasteiger partial charge in [0.2, 0.25) is 17.7 Å². The van der Waals surface area contributed by atoms with Crippen molar-refractivity contribution < 1.29 is 23.9 Å². The van der Waals surface area contributed by atoms with E-state index in [0.717, 1.165) is 5.56 Å². The maximum absolute atomic E-state index is 13.5. The zero-order valence-corrected chi connectivity index (χ0v) is 23.6. The highest BCUT2D eigenvalue weighted by molar-refractivity contribution is 5.94. The molecule has 37 heavy (non-hydrogen) atoms. The van der Waals surface area contributed by atoms with Gasteiger partial charge in [-0.05, 0) is 43.1 Å². The number of likely N-dealkylation sites (N-methyl/N-ethyl adjacent to an activating group) is 1. The zero-order valence-electron chi connectivity index (χ0n) is 23.6. The Bertz CT molecular complexity index is 888. The first-order valence-corrected chi connectivity index (χ1v) is 13.1. The Labute approximate surface area is 221 Å². The van der Waals surface area contributed by atoms with Gasteiger partial charge in [-0.15, -0.1) is 0 Å². The normalized spacial score (nSPS) is 14.6. The van der Waals surface area contributed by atoms with Crippen molar-refractivity contribution in [2.24, 2.45) is 23.5 Å². The Morgan fingerprint density at radius 2 is 1.43 bits per heavy atom. The number of carbonyl (C=O) groups is 4. The molecule has 0 fully saturated rings. The summed E-state index contributed by atoms with van der Waals surface area (Å²) in [5, 5.41) is 5.47. The molecule has 0 unspecified atom stereocenters. The van der Waals surface area contributed by atoms with Crippen molar-refractivity contribution in [3.05, 3.63) is 35.9 Å². The molecule has 0 aliphatic heterocycles. The van der Waals surface area contributed by atoms with Crippen LogP contribution in [-0.2, 0) is 30.5 Å². The van der Waals surface area contributed by atoms with Crippen LogP contribution in [0.4, 0.5) is 0 Å². The average molecular weight is 519 g/mol. The van der Waals surface area contributed by atoms with Gasteiger partial charge < -0.3 is 26.0 Å². The number of nitrogens with one attached hydrogen (secondary N) is 2. The molecule has 4 atom stereocenters. The number of hydrogen-bond acceptors (Lipinski definition) is 6. The summed E-state index contributed by atoms with van der Waals surface area (Å²) in [7, 11) is 1.54. The second kappa shape index (κ2) is 15.3. The quantitative estimate of drug-likeness (QED) is 0.325. The first-order valence-electron chi connectivity index (χ1n) is 13.1. The van der Waals surface area contributed by atoms with Gasteiger partial charge in [0.25, 0.3) is 0 Å². The molecule has 1 aromatic carbocycles. The van der Waals surface area contributed by atoms with Gasteiger partial charge in [0.15, 0.2) is 0 Å². The third-order valence-electron chi connectivity index (χ3n) is 6.04. The summed E-state index contributed by atoms with van der Waals surface area (Å²) in [6.45, 7) is 13.1. The lowest BCUT2D eigenvalue weighted by atomic mass is 9.97. The third-order valence-corrected chi connectivity index (χ3v) is 6.04. The van der Waals surface area contributed by atoms with Crippen molar-refractivity contribution in [2.45, 2.75) is 92.1 Å². The van der Waals surface area contributed by atoms with Crippen molar-refractivity contribution in [3.8, 4) is 0 Å². The van der Waals surface area contributed by atoms with Crippen LogP contribution in [0, 0.1) is 17.8 Å². The van der Waals surface area contributed by atoms with E-state index >= 15 is 0 Å². The molecular weight excluding hydrogens is 472 g/mol. The summed E-state index contributed by atoms with van der Waals surface area (Å²) in [6.07, 6.45) is 0.878. The van der Waals surface area contributed by atoms with E-state index in [4.69, 9.17) is 10.5 Å². The number of ether oxygens (including phenoxy) is 1. The molecule has 3 amide bonds. The maximum atomic E-state index is 13.5. The monoisotopic (exact) mass is 518 g/mol. The van der Waals surface area contributed by atoms with Gasteiger partial charge in [-0.2, -0.15) is 0 Å². The van der Waals surface area contributed by atoms with Crippen LogP contribution in [0.2, 0.25) is 0 Å². The Morgan fingerprint density at radius 3 is 1.95 bits per heavy atom. The lowest BCUT2D eigenvalue weighted by Crippen LogP contribution is -2.58. The molecule has 9 nitrogen and oxygen atoms in total. The fourth-order valence-corrected chi connectivity index (χ4v) is 3.87. The highest BCUT2D eigenvalue weighted by Gasteiger charge is 2.35. The standard InChI is InChI=1S/C28H46N4O5/c1-17(2)14-22(29)25(33)31-24(19(5)6)27(35)32(8)23(15-18(3)4)26(34)30-20(7)28(36)37-16-21-12-10-9-11-13-21/h9-13,17-20,22-24H,14-16,29H2,1-8H3,(H,30,34)(H,31,33)/t20-,22-,23-,24-/m0/s1. The number of esters is 1. The Kier molecular flexibility index (Phi) is 13.3. The second-order valence-corrected chi connectivity index (χ2v) is 10.9. The zero-order chi connectivity index (χ0) is 28.3. The van der Waals surface area contributed by atoms with Crippen LogP contribution in [0.25, 0.3) is 0 Å². The van der Waals surface area contributed by atoms with E-state index < -0.39 is 42.0 Å². The molecule has 0 spiro atoms. The number of nitrogens with zero attached hydrogens (tertiary/aromatic N) is 1. The molecule has 208 valence electrons. The first-order chi connectivity index (χ1) is 17.2. The summed E-state index contributed by atoms with van der Waals surface area (Å²) < 4.78 is 5.33. The van der Waals surface area contributed by atoms with Crippen molar-refractivity contribution in [1.82, 2.24) is 15.5 Å². The first kappa shape index (κ1) is 32.1. The Morgan fingerprint density at radius 1 is 0.865 bits per heavy atom. The highest BCUT2D eigenvalue weighted by Crippen LogP contribution is 2.16. The van der Waals surface area contributed by atoms with Crippen LogP contribution < -0.4 is 16.4 Å². The molecule has 0 radical (unpaired) electrons. The number of nitrogens with two attached hydrogens (primary N) is 1. The number of amides is 3. The summed E-state index contributed by atoms with van der Waals surface area (Å²) in [5.74, 6) is -1.70. The van der Waals surface area contributed by atoms with Gasteiger partial charge in [-0.25, -0.2) is 4.79 Å². The van der Waals surface area contributed by atoms with E-state index in [1.807, 2.05) is 71.9 Å². The van der Waals surface area contributed by atoms with Crippen LogP contribution in [0.15, 0.2) is 30.3 Å². The van der Waals surface area contributed by atoms with Crippen molar-refractivity contribution in [1.29, 1.82) is 0 Å². The Balaban J connectivity index is 2.92. The third kappa shape index (κ3) is 10.9. The molecule has 4 N–H and O–H groups in total. The number of hydrogen-bond donors (Lipinski definition) is 3. The minimum atomic E-state index is -0.899. The molecule has 0 aliphatic carbocycles. The van der Waals surface area contributed by atoms with E-state index in [9.17, 15) is 19.2 Å². The van der Waals surface area contributed by atoms with E-state index in [1.54, 1.807) is 14.0 Å². The second-order valence-electron chi connectivity index (χ2n) is 10.9. The van der Waals surface area contributed by atoms with E-state index in [-0.39, 0.29) is 30.3 Å². The van der Waals surface area contributed by atoms with Crippen LogP contribution in [-0.4, -0.2) is 59.8 Å². The van der Waals surface area contributed by atoms with Crippen LogP contribution in [0.5, 0.6) is 0 Å². The average Bonchev–Trinajstić information content (AvgIpc) is 2.82.